The van der Waals surface area contributed by atoms with Gasteiger partial charge < -0.3 is 10.5 Å². The van der Waals surface area contributed by atoms with Gasteiger partial charge in [0.15, 0.2) is 0 Å². The third kappa shape index (κ3) is 3.96. The number of hydrogen-bond acceptors (Lipinski definition) is 5. The zero-order valence-corrected chi connectivity index (χ0v) is 10.0. The van der Waals surface area contributed by atoms with Crippen LogP contribution in [0.5, 0.6) is 0 Å². The number of hydrogen-bond donors (Lipinski definition) is 1. The molecule has 0 amide bonds. The molecule has 0 saturated carbocycles. The summed E-state index contributed by atoms with van der Waals surface area (Å²) in [5, 5.41) is 2.82. The van der Waals surface area contributed by atoms with Crippen LogP contribution in [0.25, 0.3) is 6.08 Å². The number of carbonyl (C=O) groups is 1. The highest BCUT2D eigenvalue weighted by Crippen LogP contribution is 2.16. The lowest BCUT2D eigenvalue weighted by molar-refractivity contribution is -0.134. The molecule has 0 spiro atoms. The Labute approximate surface area is 98.4 Å². The van der Waals surface area contributed by atoms with Crippen molar-refractivity contribution in [1.29, 1.82) is 0 Å². The number of nitrogens with zero attached hydrogens (tertiary/aromatic N) is 1. The number of methoxy groups -OCH3 is 1. The molecule has 0 aliphatic heterocycles. The van der Waals surface area contributed by atoms with Crippen molar-refractivity contribution in [3.05, 3.63) is 34.3 Å². The van der Waals surface area contributed by atoms with Gasteiger partial charge in [-0.05, 0) is 13.0 Å². The summed E-state index contributed by atoms with van der Waals surface area (Å²) in [4.78, 5) is 15.0. The molecule has 2 N–H and O–H groups in total. The predicted molar refractivity (Wildman–Crippen MR) is 64.9 cm³/mol. The van der Waals surface area contributed by atoms with Crippen LogP contribution >= 0.6 is 11.3 Å². The number of carbonyl (C=O) groups excluding carboxylic acids is 1. The molecule has 1 rings (SSSR count). The second-order valence-corrected chi connectivity index (χ2v) is 4.03. The normalized spacial score (nSPS) is 13.4. The number of esters is 1. The monoisotopic (exact) mass is 238 g/mol. The molecule has 0 unspecified atom stereocenters. The maximum absolute atomic E-state index is 10.7. The van der Waals surface area contributed by atoms with Gasteiger partial charge >= 0.3 is 5.97 Å². The molecule has 0 saturated heterocycles. The minimum absolute atomic E-state index is 0.0437. The second kappa shape index (κ2) is 6.19. The Morgan fingerprint density at radius 2 is 2.38 bits per heavy atom. The van der Waals surface area contributed by atoms with E-state index in [-0.39, 0.29) is 12.0 Å². The Morgan fingerprint density at radius 3 is 2.94 bits per heavy atom. The standard InChI is InChI=1S/C11H14N2O2S/c1-8(12)11-13-9(7-16-11)5-3-4-6-10(14)15-2/h3-8H,12H2,1-2H3/b5-3-,6-4+/t8-/m1/s1. The van der Waals surface area contributed by atoms with Crippen molar-refractivity contribution in [1.82, 2.24) is 4.98 Å². The fraction of sp³-hybridized carbons (Fsp3) is 0.273. The summed E-state index contributed by atoms with van der Waals surface area (Å²) < 4.78 is 4.45. The average molecular weight is 238 g/mol. The van der Waals surface area contributed by atoms with E-state index in [9.17, 15) is 4.79 Å². The van der Waals surface area contributed by atoms with E-state index in [1.807, 2.05) is 18.4 Å². The Hall–Kier alpha value is -1.46. The maximum atomic E-state index is 10.7. The van der Waals surface area contributed by atoms with Crippen LogP contribution < -0.4 is 5.73 Å². The molecule has 1 aromatic rings. The summed E-state index contributed by atoms with van der Waals surface area (Å²) >= 11 is 1.52. The molecular weight excluding hydrogens is 224 g/mol. The average Bonchev–Trinajstić information content (AvgIpc) is 2.72. The van der Waals surface area contributed by atoms with E-state index in [4.69, 9.17) is 5.73 Å². The van der Waals surface area contributed by atoms with Crippen molar-refractivity contribution in [2.24, 2.45) is 5.73 Å². The van der Waals surface area contributed by atoms with Crippen LogP contribution in [0.3, 0.4) is 0 Å². The first-order valence-corrected chi connectivity index (χ1v) is 5.65. The first-order chi connectivity index (χ1) is 7.63. The van der Waals surface area contributed by atoms with Gasteiger partial charge in [0.1, 0.15) is 5.01 Å². The second-order valence-electron chi connectivity index (χ2n) is 3.14. The third-order valence-electron chi connectivity index (χ3n) is 1.74. The zero-order valence-electron chi connectivity index (χ0n) is 9.21. The van der Waals surface area contributed by atoms with E-state index in [2.05, 4.69) is 9.72 Å². The van der Waals surface area contributed by atoms with Gasteiger partial charge in [0.05, 0.1) is 18.8 Å². The molecule has 0 fully saturated rings. The summed E-state index contributed by atoms with van der Waals surface area (Å²) in [6.45, 7) is 1.89. The van der Waals surface area contributed by atoms with E-state index in [1.165, 1.54) is 24.5 Å². The summed E-state index contributed by atoms with van der Waals surface area (Å²) in [7, 11) is 1.34. The number of thiazole rings is 1. The molecule has 0 radical (unpaired) electrons. The van der Waals surface area contributed by atoms with Crippen LogP contribution in [0.1, 0.15) is 23.7 Å². The minimum atomic E-state index is -0.376. The van der Waals surface area contributed by atoms with E-state index in [1.54, 1.807) is 12.2 Å². The minimum Gasteiger partial charge on any atom is -0.466 e. The highest BCUT2D eigenvalue weighted by molar-refractivity contribution is 7.09. The number of nitrogens with two attached hydrogens (primary N) is 1. The van der Waals surface area contributed by atoms with Gasteiger partial charge in [-0.2, -0.15) is 0 Å². The Balaban J connectivity index is 2.56. The van der Waals surface area contributed by atoms with Crippen LogP contribution in [-0.2, 0) is 9.53 Å². The van der Waals surface area contributed by atoms with E-state index < -0.39 is 0 Å². The number of allylic oxidation sites excluding steroid dienone is 2. The van der Waals surface area contributed by atoms with Crippen molar-refractivity contribution in [3.63, 3.8) is 0 Å². The molecule has 5 heteroatoms. The molecule has 0 aliphatic carbocycles. The summed E-state index contributed by atoms with van der Waals surface area (Å²) in [5.41, 5.74) is 6.53. The molecule has 0 bridgehead atoms. The fourth-order valence-electron chi connectivity index (χ4n) is 0.943. The highest BCUT2D eigenvalue weighted by atomic mass is 32.1. The van der Waals surface area contributed by atoms with Gasteiger partial charge in [0.25, 0.3) is 0 Å². The van der Waals surface area contributed by atoms with Crippen LogP contribution in [0.2, 0.25) is 0 Å². The van der Waals surface area contributed by atoms with Gasteiger partial charge in [-0.1, -0.05) is 12.2 Å². The molecule has 1 heterocycles. The van der Waals surface area contributed by atoms with Gasteiger partial charge in [-0.15, -0.1) is 11.3 Å². The quantitative estimate of drug-likeness (QED) is 0.494. The molecule has 1 atom stereocenters. The molecular formula is C11H14N2O2S. The van der Waals surface area contributed by atoms with Crippen molar-refractivity contribution >= 4 is 23.4 Å². The van der Waals surface area contributed by atoms with E-state index in [0.29, 0.717) is 0 Å². The van der Waals surface area contributed by atoms with E-state index >= 15 is 0 Å². The topological polar surface area (TPSA) is 65.2 Å². The lowest BCUT2D eigenvalue weighted by Gasteiger charge is -1.95. The molecule has 0 aromatic carbocycles. The van der Waals surface area contributed by atoms with Crippen molar-refractivity contribution in [3.8, 4) is 0 Å². The highest BCUT2D eigenvalue weighted by Gasteiger charge is 2.03. The molecule has 4 nitrogen and oxygen atoms in total. The summed E-state index contributed by atoms with van der Waals surface area (Å²) in [6.07, 6.45) is 6.49. The smallest absolute Gasteiger partial charge is 0.330 e. The van der Waals surface area contributed by atoms with Crippen molar-refractivity contribution in [2.45, 2.75) is 13.0 Å². The number of ether oxygens (including phenoxy) is 1. The first-order valence-electron chi connectivity index (χ1n) is 4.77. The van der Waals surface area contributed by atoms with Crippen LogP contribution in [0, 0.1) is 0 Å². The third-order valence-corrected chi connectivity index (χ3v) is 2.80. The van der Waals surface area contributed by atoms with Gasteiger partial charge in [-0.3, -0.25) is 0 Å². The SMILES string of the molecule is COC(=O)/C=C/C=C\c1csc([C@@H](C)N)n1. The van der Waals surface area contributed by atoms with Crippen LogP contribution in [-0.4, -0.2) is 18.1 Å². The molecule has 1 aromatic heterocycles. The largest absolute Gasteiger partial charge is 0.466 e. The molecule has 16 heavy (non-hydrogen) atoms. The Kier molecular flexibility index (Phi) is 4.88. The lowest BCUT2D eigenvalue weighted by Crippen LogP contribution is -2.03. The number of aromatic nitrogens is 1. The van der Waals surface area contributed by atoms with Gasteiger partial charge in [-0.25, -0.2) is 9.78 Å². The van der Waals surface area contributed by atoms with Gasteiger partial charge in [0.2, 0.25) is 0 Å². The Bertz CT molecular complexity index is 408. The van der Waals surface area contributed by atoms with Gasteiger partial charge in [0, 0.05) is 11.5 Å². The summed E-state index contributed by atoms with van der Waals surface area (Å²) in [5.74, 6) is -0.376. The van der Waals surface area contributed by atoms with Crippen LogP contribution in [0.4, 0.5) is 0 Å². The lowest BCUT2D eigenvalue weighted by atomic mass is 10.3. The Morgan fingerprint density at radius 1 is 1.62 bits per heavy atom. The van der Waals surface area contributed by atoms with Crippen molar-refractivity contribution in [2.75, 3.05) is 7.11 Å². The molecule has 86 valence electrons. The first kappa shape index (κ1) is 12.6. The van der Waals surface area contributed by atoms with Crippen LogP contribution in [0.15, 0.2) is 23.6 Å². The summed E-state index contributed by atoms with van der Waals surface area (Å²) in [6, 6.07) is -0.0437. The molecule has 0 aliphatic rings. The maximum Gasteiger partial charge on any atom is 0.330 e. The predicted octanol–water partition coefficient (Wildman–Crippen LogP) is 1.91. The number of rotatable bonds is 4. The zero-order chi connectivity index (χ0) is 12.0. The van der Waals surface area contributed by atoms with Crippen molar-refractivity contribution < 1.29 is 9.53 Å². The van der Waals surface area contributed by atoms with E-state index in [0.717, 1.165) is 10.7 Å². The fourth-order valence-corrected chi connectivity index (χ4v) is 1.69.